The largest absolute Gasteiger partial charge is 0.326 e. The van der Waals surface area contributed by atoms with E-state index in [-0.39, 0.29) is 23.8 Å². The molecule has 0 aliphatic heterocycles. The fraction of sp³-hybridized carbons (Fsp3) is 0.174. The number of benzene rings is 3. The fourth-order valence-corrected chi connectivity index (χ4v) is 4.04. The van der Waals surface area contributed by atoms with Gasteiger partial charge in [0, 0.05) is 23.7 Å². The van der Waals surface area contributed by atoms with Crippen LogP contribution in [0.25, 0.3) is 0 Å². The van der Waals surface area contributed by atoms with Crippen LogP contribution in [0.1, 0.15) is 23.1 Å². The summed E-state index contributed by atoms with van der Waals surface area (Å²) in [5.74, 6) is -0.129. The lowest BCUT2D eigenvalue weighted by Crippen LogP contribution is -2.23. The van der Waals surface area contributed by atoms with Gasteiger partial charge in [0.2, 0.25) is 15.9 Å². The number of anilines is 1. The molecule has 30 heavy (non-hydrogen) atoms. The third kappa shape index (κ3) is 6.16. The molecule has 3 aromatic rings. The summed E-state index contributed by atoms with van der Waals surface area (Å²) in [5.41, 5.74) is 3.37. The number of sulfonamides is 1. The van der Waals surface area contributed by atoms with E-state index in [9.17, 15) is 13.2 Å². The van der Waals surface area contributed by atoms with E-state index in [0.29, 0.717) is 17.1 Å². The Bertz CT molecular complexity index is 1110. The second kappa shape index (κ2) is 9.89. The van der Waals surface area contributed by atoms with Crippen LogP contribution in [0.15, 0.2) is 77.7 Å². The van der Waals surface area contributed by atoms with Gasteiger partial charge in [0.1, 0.15) is 0 Å². The van der Waals surface area contributed by atoms with Crippen molar-refractivity contribution in [2.24, 2.45) is 0 Å². The number of carbonyl (C=O) groups excluding carboxylic acids is 1. The van der Waals surface area contributed by atoms with Crippen LogP contribution < -0.4 is 10.0 Å². The van der Waals surface area contributed by atoms with Crippen molar-refractivity contribution in [2.45, 2.75) is 31.2 Å². The molecule has 0 bridgehead atoms. The quantitative estimate of drug-likeness (QED) is 0.531. The first kappa shape index (κ1) is 22.0. The zero-order valence-corrected chi connectivity index (χ0v) is 18.1. The van der Waals surface area contributed by atoms with Crippen LogP contribution in [0, 0.1) is 6.92 Å². The number of amides is 1. The van der Waals surface area contributed by atoms with Crippen molar-refractivity contribution >= 4 is 33.2 Å². The van der Waals surface area contributed by atoms with Crippen molar-refractivity contribution in [3.63, 3.8) is 0 Å². The Morgan fingerprint density at radius 1 is 0.933 bits per heavy atom. The first-order chi connectivity index (χ1) is 14.3. The molecule has 0 unspecified atom stereocenters. The van der Waals surface area contributed by atoms with Crippen LogP contribution in [-0.2, 0) is 27.8 Å². The number of halogens is 1. The van der Waals surface area contributed by atoms with E-state index < -0.39 is 10.0 Å². The minimum absolute atomic E-state index is 0.129. The predicted molar refractivity (Wildman–Crippen MR) is 120 cm³/mol. The van der Waals surface area contributed by atoms with Gasteiger partial charge < -0.3 is 5.32 Å². The van der Waals surface area contributed by atoms with Gasteiger partial charge in [-0.15, -0.1) is 0 Å². The van der Waals surface area contributed by atoms with Crippen molar-refractivity contribution in [1.82, 2.24) is 4.72 Å². The van der Waals surface area contributed by atoms with Crippen LogP contribution in [0.2, 0.25) is 5.02 Å². The van der Waals surface area contributed by atoms with Crippen LogP contribution in [0.3, 0.4) is 0 Å². The van der Waals surface area contributed by atoms with Crippen LogP contribution in [0.5, 0.6) is 0 Å². The zero-order valence-electron chi connectivity index (χ0n) is 16.6. The van der Waals surface area contributed by atoms with Gasteiger partial charge in [0.05, 0.1) is 4.90 Å². The maximum Gasteiger partial charge on any atom is 0.240 e. The molecule has 0 saturated heterocycles. The number of carbonyl (C=O) groups is 1. The molecular weight excluding hydrogens is 420 g/mol. The van der Waals surface area contributed by atoms with Gasteiger partial charge >= 0.3 is 0 Å². The Labute approximate surface area is 182 Å². The van der Waals surface area contributed by atoms with Gasteiger partial charge in [-0.05, 0) is 54.3 Å². The van der Waals surface area contributed by atoms with E-state index in [1.807, 2.05) is 43.3 Å². The Balaban J connectivity index is 1.53. The molecule has 0 heterocycles. The van der Waals surface area contributed by atoms with Crippen molar-refractivity contribution in [3.8, 4) is 0 Å². The van der Waals surface area contributed by atoms with Gasteiger partial charge in [0.25, 0.3) is 0 Å². The molecular formula is C23H23ClN2O3S. The van der Waals surface area contributed by atoms with E-state index >= 15 is 0 Å². The number of rotatable bonds is 8. The average molecular weight is 443 g/mol. The summed E-state index contributed by atoms with van der Waals surface area (Å²) < 4.78 is 27.5. The second-order valence-corrected chi connectivity index (χ2v) is 9.14. The summed E-state index contributed by atoms with van der Waals surface area (Å²) in [6, 6.07) is 21.3. The van der Waals surface area contributed by atoms with Gasteiger partial charge in [-0.25, -0.2) is 13.1 Å². The molecule has 2 N–H and O–H groups in total. The molecule has 5 nitrogen and oxygen atoms in total. The van der Waals surface area contributed by atoms with E-state index in [0.717, 1.165) is 16.7 Å². The summed E-state index contributed by atoms with van der Waals surface area (Å²) in [4.78, 5) is 12.4. The lowest BCUT2D eigenvalue weighted by atomic mass is 10.1. The Hall–Kier alpha value is -2.67. The first-order valence-corrected chi connectivity index (χ1v) is 11.4. The normalized spacial score (nSPS) is 11.3. The highest BCUT2D eigenvalue weighted by molar-refractivity contribution is 7.89. The summed E-state index contributed by atoms with van der Waals surface area (Å²) >= 11 is 6.07. The van der Waals surface area contributed by atoms with Crippen LogP contribution in [-0.4, -0.2) is 14.3 Å². The molecule has 0 fully saturated rings. The minimum Gasteiger partial charge on any atom is -0.326 e. The maximum absolute atomic E-state index is 12.5. The summed E-state index contributed by atoms with van der Waals surface area (Å²) in [6.45, 7) is 2.13. The fourth-order valence-electron chi connectivity index (χ4n) is 2.84. The summed E-state index contributed by atoms with van der Waals surface area (Å²) in [6.07, 6.45) is 0.785. The number of hydrogen-bond donors (Lipinski definition) is 2. The zero-order chi connectivity index (χ0) is 21.6. The predicted octanol–water partition coefficient (Wildman–Crippen LogP) is 4.70. The van der Waals surface area contributed by atoms with Crippen molar-refractivity contribution < 1.29 is 13.2 Å². The van der Waals surface area contributed by atoms with Gasteiger partial charge in [0.15, 0.2) is 0 Å². The molecule has 0 saturated carbocycles. The van der Waals surface area contributed by atoms with E-state index in [1.165, 1.54) is 0 Å². The molecule has 0 radical (unpaired) electrons. The summed E-state index contributed by atoms with van der Waals surface area (Å²) in [5, 5.41) is 3.42. The maximum atomic E-state index is 12.5. The van der Waals surface area contributed by atoms with E-state index in [4.69, 9.17) is 11.6 Å². The molecule has 1 amide bonds. The molecule has 3 aromatic carbocycles. The number of aryl methyl sites for hydroxylation is 2. The third-order valence-corrected chi connectivity index (χ3v) is 6.46. The molecule has 0 aromatic heterocycles. The highest BCUT2D eigenvalue weighted by Gasteiger charge is 2.13. The third-order valence-electron chi connectivity index (χ3n) is 4.64. The summed E-state index contributed by atoms with van der Waals surface area (Å²) in [7, 11) is -3.60. The Morgan fingerprint density at radius 2 is 1.63 bits per heavy atom. The molecule has 7 heteroatoms. The van der Waals surface area contributed by atoms with Gasteiger partial charge in [-0.1, -0.05) is 60.1 Å². The Kier molecular flexibility index (Phi) is 7.26. The second-order valence-electron chi connectivity index (χ2n) is 6.97. The Morgan fingerprint density at radius 3 is 2.30 bits per heavy atom. The first-order valence-electron chi connectivity index (χ1n) is 9.52. The molecule has 156 valence electrons. The van der Waals surface area contributed by atoms with Gasteiger partial charge in [-0.3, -0.25) is 4.79 Å². The standard InChI is InChI=1S/C23H23ClN2O3S/c1-17-7-11-20(15-22(17)24)26-23(27)14-10-18-8-12-21(13-9-18)30(28,29)25-16-19-5-3-2-4-6-19/h2-9,11-13,15,25H,10,14,16H2,1H3,(H,26,27). The molecule has 0 spiro atoms. The van der Waals surface area contributed by atoms with Crippen LogP contribution in [0.4, 0.5) is 5.69 Å². The average Bonchev–Trinajstić information content (AvgIpc) is 2.74. The van der Waals surface area contributed by atoms with Crippen molar-refractivity contribution in [1.29, 1.82) is 0 Å². The van der Waals surface area contributed by atoms with Crippen molar-refractivity contribution in [3.05, 3.63) is 94.5 Å². The molecule has 0 aliphatic carbocycles. The van der Waals surface area contributed by atoms with E-state index in [1.54, 1.807) is 36.4 Å². The van der Waals surface area contributed by atoms with Gasteiger partial charge in [-0.2, -0.15) is 0 Å². The highest BCUT2D eigenvalue weighted by atomic mass is 35.5. The number of nitrogens with one attached hydrogen (secondary N) is 2. The number of hydrogen-bond acceptors (Lipinski definition) is 3. The molecule has 3 rings (SSSR count). The van der Waals surface area contributed by atoms with Crippen LogP contribution >= 0.6 is 11.6 Å². The smallest absolute Gasteiger partial charge is 0.240 e. The monoisotopic (exact) mass is 442 g/mol. The molecule has 0 aliphatic rings. The van der Waals surface area contributed by atoms with Crippen molar-refractivity contribution in [2.75, 3.05) is 5.32 Å². The highest BCUT2D eigenvalue weighted by Crippen LogP contribution is 2.20. The lowest BCUT2D eigenvalue weighted by molar-refractivity contribution is -0.116. The van der Waals surface area contributed by atoms with E-state index in [2.05, 4.69) is 10.0 Å². The minimum atomic E-state index is -3.60. The lowest BCUT2D eigenvalue weighted by Gasteiger charge is -2.09. The molecule has 0 atom stereocenters. The topological polar surface area (TPSA) is 75.3 Å². The SMILES string of the molecule is Cc1ccc(NC(=O)CCc2ccc(S(=O)(=O)NCc3ccccc3)cc2)cc1Cl.